The molecule has 1 aliphatic carbocycles. The monoisotopic (exact) mass is 544 g/mol. The van der Waals surface area contributed by atoms with Crippen LogP contribution in [0.4, 0.5) is 14.6 Å². The van der Waals surface area contributed by atoms with Crippen LogP contribution in [-0.4, -0.2) is 67.0 Å². The Morgan fingerprint density at radius 1 is 1.00 bits per heavy atom. The highest BCUT2D eigenvalue weighted by Gasteiger charge is 2.30. The molecule has 0 unspecified atom stereocenters. The maximum Gasteiger partial charge on any atom is 0.164 e. The number of nitrogens with two attached hydrogens (primary N) is 1. The van der Waals surface area contributed by atoms with Gasteiger partial charge in [-0.25, -0.2) is 28.4 Å². The molecule has 7 rings (SSSR count). The van der Waals surface area contributed by atoms with Gasteiger partial charge in [-0.3, -0.25) is 4.90 Å². The van der Waals surface area contributed by atoms with Crippen LogP contribution in [0, 0.1) is 11.6 Å². The van der Waals surface area contributed by atoms with Crippen molar-refractivity contribution in [1.82, 2.24) is 34.6 Å². The number of rotatable bonds is 5. The van der Waals surface area contributed by atoms with E-state index < -0.39 is 11.6 Å². The molecule has 2 aliphatic rings. The Bertz CT molecular complexity index is 1680. The van der Waals surface area contributed by atoms with Crippen LogP contribution in [0.1, 0.15) is 43.1 Å². The maximum absolute atomic E-state index is 14.2. The minimum atomic E-state index is -0.868. The molecular weight excluding hydrogens is 514 g/mol. The van der Waals surface area contributed by atoms with E-state index in [1.54, 1.807) is 6.07 Å². The quantitative estimate of drug-likeness (QED) is 0.332. The second-order valence-corrected chi connectivity index (χ2v) is 10.7. The smallest absolute Gasteiger partial charge is 0.164 e. The van der Waals surface area contributed by atoms with Gasteiger partial charge in [-0.05, 0) is 49.4 Å². The van der Waals surface area contributed by atoms with Gasteiger partial charge < -0.3 is 15.5 Å². The van der Waals surface area contributed by atoms with E-state index in [4.69, 9.17) is 15.6 Å². The van der Waals surface area contributed by atoms with Gasteiger partial charge >= 0.3 is 0 Å². The third-order valence-electron chi connectivity index (χ3n) is 8.29. The van der Waals surface area contributed by atoms with Gasteiger partial charge in [-0.15, -0.1) is 0 Å². The SMILES string of the molecule is Nc1ncnc2c1c(-c1ccc3nc(Cc4cccc(F)c4F)[nH]c3c1)nn2[C@H]1CC[C@H](N2CCOCC2)CC1. The number of hydrogen-bond donors (Lipinski definition) is 2. The summed E-state index contributed by atoms with van der Waals surface area (Å²) in [6.45, 7) is 3.63. The van der Waals surface area contributed by atoms with E-state index in [2.05, 4.69) is 24.8 Å². The highest BCUT2D eigenvalue weighted by molar-refractivity contribution is 5.99. The van der Waals surface area contributed by atoms with Gasteiger partial charge in [0.1, 0.15) is 23.7 Å². The van der Waals surface area contributed by atoms with Gasteiger partial charge in [0.25, 0.3) is 0 Å². The fourth-order valence-electron chi connectivity index (χ4n) is 6.22. The van der Waals surface area contributed by atoms with Crippen LogP contribution >= 0.6 is 0 Å². The number of nitrogens with zero attached hydrogens (tertiary/aromatic N) is 6. The van der Waals surface area contributed by atoms with Crippen LogP contribution in [0.5, 0.6) is 0 Å². The van der Waals surface area contributed by atoms with E-state index in [-0.39, 0.29) is 18.0 Å². The molecule has 3 N–H and O–H groups in total. The Hall–Kier alpha value is -3.96. The van der Waals surface area contributed by atoms with E-state index in [1.165, 1.54) is 12.4 Å². The highest BCUT2D eigenvalue weighted by Crippen LogP contribution is 2.37. The van der Waals surface area contributed by atoms with Crippen molar-refractivity contribution in [2.24, 2.45) is 0 Å². The molecule has 0 radical (unpaired) electrons. The summed E-state index contributed by atoms with van der Waals surface area (Å²) in [6, 6.07) is 10.8. The molecule has 5 aromatic rings. The summed E-state index contributed by atoms with van der Waals surface area (Å²) in [4.78, 5) is 19.3. The predicted molar refractivity (Wildman–Crippen MR) is 148 cm³/mol. The van der Waals surface area contributed by atoms with Crippen molar-refractivity contribution in [3.8, 4) is 11.3 Å². The average molecular weight is 545 g/mol. The molecule has 11 heteroatoms. The van der Waals surface area contributed by atoms with Gasteiger partial charge in [0.05, 0.1) is 35.7 Å². The molecule has 0 bridgehead atoms. The number of anilines is 1. The normalized spacial score (nSPS) is 20.4. The minimum absolute atomic E-state index is 0.152. The summed E-state index contributed by atoms with van der Waals surface area (Å²) >= 11 is 0. The Morgan fingerprint density at radius 2 is 1.80 bits per heavy atom. The second-order valence-electron chi connectivity index (χ2n) is 10.7. The molecular formula is C29H30F2N8O. The van der Waals surface area contributed by atoms with Crippen LogP contribution in [0.25, 0.3) is 33.3 Å². The molecule has 1 saturated heterocycles. The summed E-state index contributed by atoms with van der Waals surface area (Å²) < 4.78 is 35.5. The Morgan fingerprint density at radius 3 is 2.62 bits per heavy atom. The number of aromatic nitrogens is 6. The molecule has 0 amide bonds. The van der Waals surface area contributed by atoms with Crippen LogP contribution < -0.4 is 5.73 Å². The van der Waals surface area contributed by atoms with E-state index in [1.807, 2.05) is 22.9 Å². The largest absolute Gasteiger partial charge is 0.383 e. The van der Waals surface area contributed by atoms with Crippen LogP contribution in [0.3, 0.4) is 0 Å². The number of fused-ring (bicyclic) bond motifs is 2. The lowest BCUT2D eigenvalue weighted by atomic mass is 9.90. The van der Waals surface area contributed by atoms with Crippen molar-refractivity contribution in [2.75, 3.05) is 32.0 Å². The van der Waals surface area contributed by atoms with Gasteiger partial charge in [0.2, 0.25) is 0 Å². The number of morpholine rings is 1. The van der Waals surface area contributed by atoms with E-state index in [0.717, 1.165) is 91.4 Å². The molecule has 0 atom stereocenters. The predicted octanol–water partition coefficient (Wildman–Crippen LogP) is 4.64. The first-order chi connectivity index (χ1) is 19.5. The first-order valence-corrected chi connectivity index (χ1v) is 13.8. The highest BCUT2D eigenvalue weighted by atomic mass is 19.2. The van der Waals surface area contributed by atoms with E-state index in [9.17, 15) is 8.78 Å². The van der Waals surface area contributed by atoms with Gasteiger partial charge in [-0.2, -0.15) is 5.10 Å². The van der Waals surface area contributed by atoms with Crippen LogP contribution in [-0.2, 0) is 11.2 Å². The number of benzene rings is 2. The molecule has 2 aromatic carbocycles. The van der Waals surface area contributed by atoms with Crippen molar-refractivity contribution < 1.29 is 13.5 Å². The van der Waals surface area contributed by atoms with Crippen molar-refractivity contribution in [3.05, 3.63) is 65.7 Å². The van der Waals surface area contributed by atoms with Crippen molar-refractivity contribution >= 4 is 27.9 Å². The molecule has 1 saturated carbocycles. The number of H-pyrrole nitrogens is 1. The van der Waals surface area contributed by atoms with E-state index >= 15 is 0 Å². The zero-order valence-electron chi connectivity index (χ0n) is 22.0. The summed E-state index contributed by atoms with van der Waals surface area (Å²) in [5.74, 6) is -0.782. The number of nitrogen functional groups attached to an aromatic ring is 1. The average Bonchev–Trinajstić information content (AvgIpc) is 3.58. The van der Waals surface area contributed by atoms with Crippen molar-refractivity contribution in [1.29, 1.82) is 0 Å². The van der Waals surface area contributed by atoms with Crippen LogP contribution in [0.15, 0.2) is 42.7 Å². The molecule has 1 aliphatic heterocycles. The number of halogens is 2. The first-order valence-electron chi connectivity index (χ1n) is 13.8. The molecule has 206 valence electrons. The van der Waals surface area contributed by atoms with Gasteiger partial charge in [-0.1, -0.05) is 18.2 Å². The molecule has 2 fully saturated rings. The fraction of sp³-hybridized carbons (Fsp3) is 0.379. The molecule has 0 spiro atoms. The summed E-state index contributed by atoms with van der Waals surface area (Å²) in [5.41, 5.74) is 10.4. The topological polar surface area (TPSA) is 111 Å². The molecule has 9 nitrogen and oxygen atoms in total. The molecule has 3 aromatic heterocycles. The van der Waals surface area contributed by atoms with Crippen LogP contribution in [0.2, 0.25) is 0 Å². The standard InChI is InChI=1S/C29H30F2N8O/c30-21-3-1-2-17(26(21)31)15-24-35-22-9-4-18(14-23(22)36-24)27-25-28(32)33-16-34-29(25)39(37-27)20-7-5-19(6-8-20)38-10-12-40-13-11-38/h1-4,9,14,16,19-20H,5-8,10-13,15H2,(H,35,36)(H2,32,33,34)/t19-,20-. The fourth-order valence-corrected chi connectivity index (χ4v) is 6.22. The zero-order valence-corrected chi connectivity index (χ0v) is 22.0. The Labute approximate surface area is 229 Å². The van der Waals surface area contributed by atoms with Gasteiger partial charge in [0.15, 0.2) is 17.3 Å². The van der Waals surface area contributed by atoms with Gasteiger partial charge in [0, 0.05) is 31.1 Å². The lowest BCUT2D eigenvalue weighted by Crippen LogP contribution is -2.45. The zero-order chi connectivity index (χ0) is 27.2. The molecule has 4 heterocycles. The number of hydrogen-bond acceptors (Lipinski definition) is 7. The second kappa shape index (κ2) is 10.2. The molecule has 40 heavy (non-hydrogen) atoms. The number of nitrogens with one attached hydrogen (secondary N) is 1. The third kappa shape index (κ3) is 4.48. The third-order valence-corrected chi connectivity index (χ3v) is 8.29. The van der Waals surface area contributed by atoms with E-state index in [0.29, 0.717) is 17.7 Å². The first kappa shape index (κ1) is 25.0. The summed E-state index contributed by atoms with van der Waals surface area (Å²) in [6.07, 6.45) is 5.89. The minimum Gasteiger partial charge on any atom is -0.383 e. The Kier molecular flexibility index (Phi) is 6.39. The van der Waals surface area contributed by atoms with Crippen molar-refractivity contribution in [2.45, 2.75) is 44.2 Å². The number of imidazole rings is 1. The summed E-state index contributed by atoms with van der Waals surface area (Å²) in [7, 11) is 0. The maximum atomic E-state index is 14.2. The lowest BCUT2D eigenvalue weighted by molar-refractivity contribution is 0.00520. The number of ether oxygens (including phenoxy) is 1. The Balaban J connectivity index is 1.19. The lowest BCUT2D eigenvalue weighted by Gasteiger charge is -2.38. The van der Waals surface area contributed by atoms with Crippen molar-refractivity contribution in [3.63, 3.8) is 0 Å². The number of aromatic amines is 1. The summed E-state index contributed by atoms with van der Waals surface area (Å²) in [5, 5.41) is 5.79.